The standard InChI is InChI=1S/C24H26N4O2/c1-3-4-14-25-24-21-12-11-20(28-30)16-19(21)10-13-22(24)26-17(2)27-23(29)15-18-8-6-5-7-9-18/h5-9,11-12,14,16H,3-4,10,13,15H2,1-2H3,(H,26,27,29). The number of nitrogens with one attached hydrogen (secondary N) is 1. The van der Waals surface area contributed by atoms with Gasteiger partial charge in [0.05, 0.1) is 17.8 Å². The zero-order valence-electron chi connectivity index (χ0n) is 17.4. The maximum atomic E-state index is 12.3. The lowest BCUT2D eigenvalue weighted by Gasteiger charge is -2.19. The van der Waals surface area contributed by atoms with Crippen molar-refractivity contribution in [2.24, 2.45) is 15.2 Å². The van der Waals surface area contributed by atoms with Crippen molar-refractivity contribution in [3.63, 3.8) is 0 Å². The molecule has 0 unspecified atom stereocenters. The van der Waals surface area contributed by atoms with Gasteiger partial charge in [0.1, 0.15) is 11.5 Å². The molecule has 30 heavy (non-hydrogen) atoms. The summed E-state index contributed by atoms with van der Waals surface area (Å²) in [5.41, 5.74) is 5.00. The largest absolute Gasteiger partial charge is 0.314 e. The molecule has 2 aromatic carbocycles. The SMILES string of the molecule is CCCC=NC1=C(N=C(C)NC(=O)Cc2ccccc2)CCc2cc(N=O)ccc21. The molecule has 0 radical (unpaired) electrons. The predicted octanol–water partition coefficient (Wildman–Crippen LogP) is 5.35. The molecule has 0 aliphatic heterocycles. The molecule has 3 rings (SSSR count). The van der Waals surface area contributed by atoms with E-state index in [4.69, 9.17) is 0 Å². The Kier molecular flexibility index (Phi) is 7.38. The molecule has 0 saturated heterocycles. The van der Waals surface area contributed by atoms with Crippen LogP contribution in [-0.4, -0.2) is 18.0 Å². The predicted molar refractivity (Wildman–Crippen MR) is 122 cm³/mol. The number of aliphatic imine (C=N–C) groups is 2. The highest BCUT2D eigenvalue weighted by Gasteiger charge is 2.19. The van der Waals surface area contributed by atoms with Gasteiger partial charge in [-0.1, -0.05) is 49.7 Å². The second-order valence-corrected chi connectivity index (χ2v) is 7.24. The van der Waals surface area contributed by atoms with Crippen LogP contribution in [0.4, 0.5) is 5.69 Å². The van der Waals surface area contributed by atoms with E-state index < -0.39 is 0 Å². The van der Waals surface area contributed by atoms with Gasteiger partial charge in [0, 0.05) is 11.8 Å². The first-order valence-corrected chi connectivity index (χ1v) is 10.2. The normalized spacial score (nSPS) is 14.0. The molecule has 0 bridgehead atoms. The number of rotatable bonds is 7. The topological polar surface area (TPSA) is 83.2 Å². The van der Waals surface area contributed by atoms with E-state index in [9.17, 15) is 9.70 Å². The fraction of sp³-hybridized carbons (Fsp3) is 0.292. The molecule has 2 aromatic rings. The fourth-order valence-electron chi connectivity index (χ4n) is 3.40. The summed E-state index contributed by atoms with van der Waals surface area (Å²) in [6.45, 7) is 3.89. The number of hydrogen-bond donors (Lipinski definition) is 1. The Labute approximate surface area is 176 Å². The molecule has 6 nitrogen and oxygen atoms in total. The van der Waals surface area contributed by atoms with Crippen molar-refractivity contribution in [2.45, 2.75) is 46.0 Å². The molecule has 0 spiro atoms. The highest BCUT2D eigenvalue weighted by Crippen LogP contribution is 2.35. The van der Waals surface area contributed by atoms with Gasteiger partial charge in [0.15, 0.2) is 0 Å². The van der Waals surface area contributed by atoms with E-state index in [1.165, 1.54) is 0 Å². The molecular formula is C24H26N4O2. The average Bonchev–Trinajstić information content (AvgIpc) is 2.75. The van der Waals surface area contributed by atoms with Gasteiger partial charge in [-0.05, 0) is 54.6 Å². The zero-order valence-corrected chi connectivity index (χ0v) is 17.4. The van der Waals surface area contributed by atoms with Crippen molar-refractivity contribution in [1.29, 1.82) is 0 Å². The zero-order chi connectivity index (χ0) is 21.3. The third-order valence-corrected chi connectivity index (χ3v) is 4.82. The van der Waals surface area contributed by atoms with E-state index in [0.717, 1.165) is 47.3 Å². The van der Waals surface area contributed by atoms with Crippen molar-refractivity contribution in [3.8, 4) is 0 Å². The summed E-state index contributed by atoms with van der Waals surface area (Å²) in [6, 6.07) is 15.0. The maximum absolute atomic E-state index is 12.3. The fourth-order valence-corrected chi connectivity index (χ4v) is 3.40. The van der Waals surface area contributed by atoms with Crippen LogP contribution in [0.25, 0.3) is 5.70 Å². The summed E-state index contributed by atoms with van der Waals surface area (Å²) in [7, 11) is 0. The van der Waals surface area contributed by atoms with Crippen molar-refractivity contribution >= 4 is 29.3 Å². The van der Waals surface area contributed by atoms with Crippen LogP contribution in [0.1, 0.15) is 49.8 Å². The lowest BCUT2D eigenvalue weighted by molar-refractivity contribution is -0.119. The first-order valence-electron chi connectivity index (χ1n) is 10.2. The van der Waals surface area contributed by atoms with Crippen LogP contribution < -0.4 is 5.32 Å². The average molecular weight is 402 g/mol. The van der Waals surface area contributed by atoms with Gasteiger partial charge in [-0.3, -0.25) is 9.79 Å². The monoisotopic (exact) mass is 402 g/mol. The first kappa shape index (κ1) is 21.3. The molecule has 0 atom stereocenters. The third kappa shape index (κ3) is 5.56. The van der Waals surface area contributed by atoms with Crippen molar-refractivity contribution in [1.82, 2.24) is 5.32 Å². The summed E-state index contributed by atoms with van der Waals surface area (Å²) >= 11 is 0. The lowest BCUT2D eigenvalue weighted by Crippen LogP contribution is -2.30. The van der Waals surface area contributed by atoms with Gasteiger partial charge in [0.25, 0.3) is 0 Å². The summed E-state index contributed by atoms with van der Waals surface area (Å²) < 4.78 is 0. The Bertz CT molecular complexity index is 1010. The van der Waals surface area contributed by atoms with Gasteiger partial charge in [-0.15, -0.1) is 4.91 Å². The highest BCUT2D eigenvalue weighted by atomic mass is 16.3. The number of hydrogen-bond acceptors (Lipinski definition) is 5. The molecule has 1 amide bonds. The number of aryl methyl sites for hydroxylation is 1. The molecule has 154 valence electrons. The minimum Gasteiger partial charge on any atom is -0.314 e. The Morgan fingerprint density at radius 3 is 2.67 bits per heavy atom. The number of amides is 1. The van der Waals surface area contributed by atoms with Gasteiger partial charge in [-0.25, -0.2) is 4.99 Å². The van der Waals surface area contributed by atoms with Gasteiger partial charge in [0.2, 0.25) is 5.91 Å². The van der Waals surface area contributed by atoms with Crippen molar-refractivity contribution < 1.29 is 4.79 Å². The van der Waals surface area contributed by atoms with E-state index in [2.05, 4.69) is 27.4 Å². The summed E-state index contributed by atoms with van der Waals surface area (Å²) in [6.07, 6.45) is 5.50. The Morgan fingerprint density at radius 2 is 1.93 bits per heavy atom. The second-order valence-electron chi connectivity index (χ2n) is 7.24. The number of carbonyl (C=O) groups is 1. The van der Waals surface area contributed by atoms with Gasteiger partial charge < -0.3 is 5.32 Å². The smallest absolute Gasteiger partial charge is 0.229 e. The molecule has 0 saturated carbocycles. The van der Waals surface area contributed by atoms with Crippen LogP contribution in [-0.2, 0) is 17.6 Å². The van der Waals surface area contributed by atoms with Crippen LogP contribution in [0.5, 0.6) is 0 Å². The Morgan fingerprint density at radius 1 is 1.13 bits per heavy atom. The molecule has 1 aliphatic carbocycles. The molecule has 6 heteroatoms. The number of amidine groups is 1. The molecule has 0 aromatic heterocycles. The Hall–Kier alpha value is -3.41. The third-order valence-electron chi connectivity index (χ3n) is 4.82. The number of allylic oxidation sites excluding steroid dienone is 1. The first-order chi connectivity index (χ1) is 14.6. The van der Waals surface area contributed by atoms with E-state index >= 15 is 0 Å². The highest BCUT2D eigenvalue weighted by molar-refractivity contribution is 5.98. The molecule has 0 heterocycles. The number of fused-ring (bicyclic) bond motifs is 1. The van der Waals surface area contributed by atoms with Crippen LogP contribution in [0.2, 0.25) is 0 Å². The molecule has 0 fully saturated rings. The van der Waals surface area contributed by atoms with Crippen molar-refractivity contribution in [2.75, 3.05) is 0 Å². The van der Waals surface area contributed by atoms with Crippen molar-refractivity contribution in [3.05, 3.63) is 75.8 Å². The number of benzene rings is 2. The maximum Gasteiger partial charge on any atom is 0.229 e. The number of nitrogens with zero attached hydrogens (tertiary/aromatic N) is 3. The summed E-state index contributed by atoms with van der Waals surface area (Å²) in [4.78, 5) is 32.6. The minimum atomic E-state index is -0.100. The number of nitroso groups, excluding NO2 is 1. The van der Waals surface area contributed by atoms with E-state index in [0.29, 0.717) is 24.4 Å². The van der Waals surface area contributed by atoms with Crippen LogP contribution in [0.15, 0.2) is 69.4 Å². The lowest BCUT2D eigenvalue weighted by atomic mass is 9.92. The molecule has 1 aliphatic rings. The van der Waals surface area contributed by atoms with E-state index in [-0.39, 0.29) is 5.91 Å². The Balaban J connectivity index is 1.85. The molecule has 1 N–H and O–H groups in total. The van der Waals surface area contributed by atoms with Gasteiger partial charge >= 0.3 is 0 Å². The van der Waals surface area contributed by atoms with Crippen LogP contribution >= 0.6 is 0 Å². The summed E-state index contributed by atoms with van der Waals surface area (Å²) in [5, 5.41) is 5.91. The second kappa shape index (κ2) is 10.4. The molecular weight excluding hydrogens is 376 g/mol. The van der Waals surface area contributed by atoms with Gasteiger partial charge in [-0.2, -0.15) is 0 Å². The summed E-state index contributed by atoms with van der Waals surface area (Å²) in [5.74, 6) is 0.445. The number of carbonyl (C=O) groups excluding carboxylic acids is 1. The number of unbranched alkanes of at least 4 members (excludes halogenated alkanes) is 1. The van der Waals surface area contributed by atoms with Crippen LogP contribution in [0, 0.1) is 4.91 Å². The van der Waals surface area contributed by atoms with E-state index in [1.807, 2.05) is 48.7 Å². The minimum absolute atomic E-state index is 0.100. The van der Waals surface area contributed by atoms with E-state index in [1.54, 1.807) is 13.0 Å². The quantitative estimate of drug-likeness (QED) is 0.385. The van der Waals surface area contributed by atoms with Crippen LogP contribution in [0.3, 0.4) is 0 Å².